The molecule has 0 spiro atoms. The molecule has 1 unspecified atom stereocenters. The molecule has 1 saturated heterocycles. The van der Waals surface area contributed by atoms with Crippen LogP contribution in [-0.2, 0) is 16.1 Å². The minimum Gasteiger partial charge on any atom is -1.00 e. The Labute approximate surface area is 181 Å². The lowest BCUT2D eigenvalue weighted by Gasteiger charge is -2.40. The molecule has 0 N–H and O–H groups in total. The Bertz CT molecular complexity index is 1040. The van der Waals surface area contributed by atoms with Gasteiger partial charge in [-0.1, -0.05) is 18.1 Å². The normalized spacial score (nSPS) is 24.2. The summed E-state index contributed by atoms with van der Waals surface area (Å²) < 4.78 is 11.8. The summed E-state index contributed by atoms with van der Waals surface area (Å²) in [5, 5.41) is 1.70. The van der Waals surface area contributed by atoms with Crippen LogP contribution in [0.25, 0.3) is 10.8 Å². The summed E-state index contributed by atoms with van der Waals surface area (Å²) >= 11 is 0. The fraction of sp³-hybridized carbons (Fsp3) is 0.391. The second-order valence-electron chi connectivity index (χ2n) is 7.90. The van der Waals surface area contributed by atoms with Crippen molar-refractivity contribution in [2.24, 2.45) is 0 Å². The van der Waals surface area contributed by atoms with E-state index in [2.05, 4.69) is 18.9 Å². The van der Waals surface area contributed by atoms with Crippen LogP contribution in [0.3, 0.4) is 0 Å². The Hall–Kier alpha value is -2.36. The zero-order valence-electron chi connectivity index (χ0n) is 16.8. The molecule has 1 fully saturated rings. The maximum absolute atomic E-state index is 11.7. The van der Waals surface area contributed by atoms with Crippen LogP contribution in [0.1, 0.15) is 38.7 Å². The zero-order valence-corrected chi connectivity index (χ0v) is 18.4. The fourth-order valence-corrected chi connectivity index (χ4v) is 4.57. The standard InChI is InChI=1S/C23H24NO4.BrH/c1-15(25)27-22-9-4-6-17-12-18(23(13-21(17)22)28-16(2)26)14-24(3)19-7-5-8-20(24)11-10-19;/h4,6,9,12-13,19-20H,7,10-11,14H2,1-3H3;1H/q+1;/p-1/t19-,20+,24?;/m1./s1. The molecule has 5 nitrogen and oxygen atoms in total. The summed E-state index contributed by atoms with van der Waals surface area (Å²) in [6.45, 7) is 3.52. The molecule has 2 aromatic carbocycles. The fourth-order valence-electron chi connectivity index (χ4n) is 4.57. The van der Waals surface area contributed by atoms with Crippen molar-refractivity contribution in [2.45, 2.75) is 51.7 Å². The summed E-state index contributed by atoms with van der Waals surface area (Å²) in [7, 11) is 2.26. The molecule has 0 amide bonds. The number of hydrogen-bond donors (Lipinski definition) is 0. The van der Waals surface area contributed by atoms with Crippen LogP contribution in [0.2, 0.25) is 0 Å². The first-order chi connectivity index (χ1) is 13.4. The molecule has 0 radical (unpaired) electrons. The summed E-state index contributed by atoms with van der Waals surface area (Å²) in [4.78, 5) is 23.2. The van der Waals surface area contributed by atoms with E-state index in [-0.39, 0.29) is 28.9 Å². The molecule has 2 aliphatic rings. The zero-order chi connectivity index (χ0) is 19.9. The van der Waals surface area contributed by atoms with Gasteiger partial charge in [-0.25, -0.2) is 0 Å². The van der Waals surface area contributed by atoms with Crippen molar-refractivity contribution >= 4 is 22.7 Å². The van der Waals surface area contributed by atoms with Gasteiger partial charge in [0.25, 0.3) is 0 Å². The van der Waals surface area contributed by atoms with Gasteiger partial charge in [-0.3, -0.25) is 9.59 Å². The molecule has 2 bridgehead atoms. The van der Waals surface area contributed by atoms with Gasteiger partial charge in [0.1, 0.15) is 24.1 Å². The third-order valence-corrected chi connectivity index (χ3v) is 5.97. The third-order valence-electron chi connectivity index (χ3n) is 5.97. The van der Waals surface area contributed by atoms with Gasteiger partial charge >= 0.3 is 11.9 Å². The van der Waals surface area contributed by atoms with Gasteiger partial charge in [0, 0.05) is 37.6 Å². The lowest BCUT2D eigenvalue weighted by molar-refractivity contribution is -0.949. The van der Waals surface area contributed by atoms with Crippen molar-refractivity contribution in [3.63, 3.8) is 0 Å². The number of rotatable bonds is 4. The van der Waals surface area contributed by atoms with Crippen LogP contribution in [-0.4, -0.2) is 35.6 Å². The minimum absolute atomic E-state index is 0. The second kappa shape index (κ2) is 8.17. The monoisotopic (exact) mass is 457 g/mol. The summed E-state index contributed by atoms with van der Waals surface area (Å²) in [6.07, 6.45) is 3.19. The largest absolute Gasteiger partial charge is 1.00 e. The van der Waals surface area contributed by atoms with E-state index in [1.807, 2.05) is 24.3 Å². The van der Waals surface area contributed by atoms with Crippen LogP contribution < -0.4 is 26.5 Å². The van der Waals surface area contributed by atoms with Gasteiger partial charge in [-0.2, -0.15) is 0 Å². The Kier molecular flexibility index (Phi) is 6.02. The van der Waals surface area contributed by atoms with Crippen LogP contribution in [0.5, 0.6) is 11.5 Å². The van der Waals surface area contributed by atoms with Crippen molar-refractivity contribution in [3.05, 3.63) is 35.9 Å². The lowest BCUT2D eigenvalue weighted by atomic mass is 10.0. The lowest BCUT2D eigenvalue weighted by Crippen LogP contribution is -3.00. The van der Waals surface area contributed by atoms with Gasteiger partial charge < -0.3 is 30.9 Å². The first kappa shape index (κ1) is 21.4. The van der Waals surface area contributed by atoms with Crippen LogP contribution in [0.4, 0.5) is 0 Å². The van der Waals surface area contributed by atoms with Gasteiger partial charge in [0.15, 0.2) is 6.04 Å². The van der Waals surface area contributed by atoms with Crippen molar-refractivity contribution in [1.82, 2.24) is 0 Å². The van der Waals surface area contributed by atoms with E-state index >= 15 is 0 Å². The Morgan fingerprint density at radius 2 is 1.83 bits per heavy atom. The Morgan fingerprint density at radius 1 is 1.10 bits per heavy atom. The SMILES string of the molecule is CC(=O)Oc1cc2c(OC(C)=O)cccc2cc1C[N+]1(C)[C@@H]2CC#C[C@H]1CC2.[Br-]. The molecule has 0 aliphatic carbocycles. The number of carbonyl (C=O) groups is 2. The predicted octanol–water partition coefficient (Wildman–Crippen LogP) is 0.579. The molecule has 29 heavy (non-hydrogen) atoms. The van der Waals surface area contributed by atoms with Crippen molar-refractivity contribution < 1.29 is 40.5 Å². The maximum atomic E-state index is 11.7. The van der Waals surface area contributed by atoms with Crippen molar-refractivity contribution in [3.8, 4) is 23.3 Å². The molecule has 2 aromatic rings. The molecule has 4 rings (SSSR count). The molecule has 2 heterocycles. The highest BCUT2D eigenvalue weighted by molar-refractivity contribution is 5.92. The van der Waals surface area contributed by atoms with Gasteiger partial charge in [-0.15, -0.1) is 0 Å². The van der Waals surface area contributed by atoms with E-state index in [0.29, 0.717) is 23.6 Å². The van der Waals surface area contributed by atoms with Gasteiger partial charge in [0.05, 0.1) is 13.5 Å². The molecular formula is C23H24BrNO4. The molecule has 2 aliphatic heterocycles. The quantitative estimate of drug-likeness (QED) is 0.291. The summed E-state index contributed by atoms with van der Waals surface area (Å²) in [5.41, 5.74) is 0.978. The second-order valence-corrected chi connectivity index (χ2v) is 7.90. The molecule has 0 saturated carbocycles. The number of nitrogens with zero attached hydrogens (tertiary/aromatic N) is 1. The smallest absolute Gasteiger partial charge is 0.308 e. The molecule has 3 atom stereocenters. The topological polar surface area (TPSA) is 52.6 Å². The van der Waals surface area contributed by atoms with Gasteiger partial charge in [0.2, 0.25) is 0 Å². The van der Waals surface area contributed by atoms with Gasteiger partial charge in [-0.05, 0) is 29.5 Å². The first-order valence-electron chi connectivity index (χ1n) is 9.62. The summed E-state index contributed by atoms with van der Waals surface area (Å²) in [6, 6.07) is 10.3. The molecule has 0 aromatic heterocycles. The number of hydrogen-bond acceptors (Lipinski definition) is 4. The average Bonchev–Trinajstić information content (AvgIpc) is 2.80. The highest BCUT2D eigenvalue weighted by Gasteiger charge is 2.47. The molecule has 152 valence electrons. The van der Waals surface area contributed by atoms with E-state index in [0.717, 1.165) is 46.6 Å². The first-order valence-corrected chi connectivity index (χ1v) is 9.62. The number of quaternary nitrogens is 1. The number of ether oxygens (including phenoxy) is 2. The van der Waals surface area contributed by atoms with Crippen LogP contribution in [0.15, 0.2) is 30.3 Å². The number of benzene rings is 2. The maximum Gasteiger partial charge on any atom is 0.308 e. The van der Waals surface area contributed by atoms with E-state index in [9.17, 15) is 9.59 Å². The summed E-state index contributed by atoms with van der Waals surface area (Å²) in [5.74, 6) is 6.94. The Morgan fingerprint density at radius 3 is 2.52 bits per heavy atom. The Balaban J connectivity index is 0.00000240. The van der Waals surface area contributed by atoms with E-state index in [1.54, 1.807) is 6.07 Å². The highest BCUT2D eigenvalue weighted by Crippen LogP contribution is 2.40. The van der Waals surface area contributed by atoms with E-state index in [1.165, 1.54) is 13.8 Å². The third kappa shape index (κ3) is 4.03. The molecular weight excluding hydrogens is 434 g/mol. The predicted molar refractivity (Wildman–Crippen MR) is 106 cm³/mol. The number of halogens is 1. The van der Waals surface area contributed by atoms with Crippen molar-refractivity contribution in [2.75, 3.05) is 7.05 Å². The average molecular weight is 458 g/mol. The van der Waals surface area contributed by atoms with E-state index < -0.39 is 0 Å². The minimum atomic E-state index is -0.382. The van der Waals surface area contributed by atoms with Crippen LogP contribution in [0, 0.1) is 11.8 Å². The number of fused-ring (bicyclic) bond motifs is 3. The van der Waals surface area contributed by atoms with E-state index in [4.69, 9.17) is 9.47 Å². The van der Waals surface area contributed by atoms with Crippen LogP contribution >= 0.6 is 0 Å². The number of carbonyl (C=O) groups excluding carboxylic acids is 2. The molecule has 6 heteroatoms. The van der Waals surface area contributed by atoms with Crippen molar-refractivity contribution in [1.29, 1.82) is 0 Å². The number of esters is 2. The highest BCUT2D eigenvalue weighted by atomic mass is 79.9.